The fraction of sp³-hybridized carbons (Fsp3) is 0.429. The molecule has 0 radical (unpaired) electrons. The third-order valence-electron chi connectivity index (χ3n) is 7.47. The molecule has 2 N–H and O–H groups in total. The van der Waals surface area contributed by atoms with Crippen LogP contribution >= 0.6 is 18.7 Å². The van der Waals surface area contributed by atoms with E-state index in [0.717, 1.165) is 18.5 Å². The molecule has 2 heterocycles. The summed E-state index contributed by atoms with van der Waals surface area (Å²) in [5.41, 5.74) is 4.70. The standard InChI is InChI=1S/C28H34ClFN5OP/c1-18-14-25(26(16-24(18)30)37(2,3)36)33-27-23(29)17-31-28(34-27)32-21-9-6-19-7-10-22(11-8-20(19)15-21)35-12-4-5-13-35/h6,9,14-17,22H,4-5,7-8,10-13H2,1-3H3,(H2,31,32,33,34)/t22-/m0/s1. The Balaban J connectivity index is 1.35. The van der Waals surface area contributed by atoms with E-state index in [4.69, 9.17) is 11.6 Å². The minimum Gasteiger partial charge on any atom is -0.338 e. The molecule has 0 saturated carbocycles. The van der Waals surface area contributed by atoms with Crippen molar-refractivity contribution in [3.63, 3.8) is 0 Å². The number of hydrogen-bond acceptors (Lipinski definition) is 6. The first-order chi connectivity index (χ1) is 17.7. The number of nitrogens with one attached hydrogen (secondary N) is 2. The van der Waals surface area contributed by atoms with Crippen molar-refractivity contribution in [2.75, 3.05) is 37.1 Å². The second-order valence-corrected chi connectivity index (χ2v) is 14.2. The molecule has 196 valence electrons. The van der Waals surface area contributed by atoms with Crippen molar-refractivity contribution < 1.29 is 8.96 Å². The van der Waals surface area contributed by atoms with Crippen molar-refractivity contribution in [1.29, 1.82) is 0 Å². The van der Waals surface area contributed by atoms with E-state index >= 15 is 0 Å². The van der Waals surface area contributed by atoms with Crippen molar-refractivity contribution in [1.82, 2.24) is 14.9 Å². The first-order valence-electron chi connectivity index (χ1n) is 13.0. The monoisotopic (exact) mass is 541 g/mol. The van der Waals surface area contributed by atoms with E-state index < -0.39 is 13.0 Å². The van der Waals surface area contributed by atoms with Crippen LogP contribution in [-0.2, 0) is 17.4 Å². The number of benzene rings is 2. The van der Waals surface area contributed by atoms with Gasteiger partial charge < -0.3 is 20.1 Å². The largest absolute Gasteiger partial charge is 0.338 e. The minimum atomic E-state index is -2.76. The molecular formula is C28H34ClFN5OP. The molecular weight excluding hydrogens is 508 g/mol. The molecule has 0 unspecified atom stereocenters. The molecule has 1 saturated heterocycles. The number of likely N-dealkylation sites (tertiary alicyclic amines) is 1. The van der Waals surface area contributed by atoms with E-state index in [1.807, 2.05) is 0 Å². The number of rotatable bonds is 6. The molecule has 5 rings (SSSR count). The average molecular weight is 542 g/mol. The van der Waals surface area contributed by atoms with Gasteiger partial charge >= 0.3 is 0 Å². The molecule has 1 aliphatic heterocycles. The minimum absolute atomic E-state index is 0.315. The van der Waals surface area contributed by atoms with Crippen LogP contribution < -0.4 is 15.9 Å². The number of fused-ring (bicyclic) bond motifs is 1. The normalized spacial score (nSPS) is 18.4. The first-order valence-corrected chi connectivity index (χ1v) is 15.9. The highest BCUT2D eigenvalue weighted by atomic mass is 35.5. The maximum atomic E-state index is 14.2. The van der Waals surface area contributed by atoms with Gasteiger partial charge in [-0.05, 0) is 113 Å². The van der Waals surface area contributed by atoms with Gasteiger partial charge in [0.2, 0.25) is 5.95 Å². The lowest BCUT2D eigenvalue weighted by Crippen LogP contribution is -2.32. The van der Waals surface area contributed by atoms with Gasteiger partial charge in [-0.3, -0.25) is 0 Å². The zero-order valence-corrected chi connectivity index (χ0v) is 23.3. The van der Waals surface area contributed by atoms with Gasteiger partial charge in [-0.25, -0.2) is 9.37 Å². The molecule has 37 heavy (non-hydrogen) atoms. The number of halogens is 2. The second kappa shape index (κ2) is 10.7. The third kappa shape index (κ3) is 6.00. The van der Waals surface area contributed by atoms with Crippen molar-refractivity contribution >= 4 is 47.2 Å². The summed E-state index contributed by atoms with van der Waals surface area (Å²) < 4.78 is 27.1. The van der Waals surface area contributed by atoms with E-state index in [9.17, 15) is 8.96 Å². The Morgan fingerprint density at radius 1 is 1.05 bits per heavy atom. The number of nitrogens with zero attached hydrogens (tertiary/aromatic N) is 3. The maximum absolute atomic E-state index is 14.2. The van der Waals surface area contributed by atoms with E-state index in [1.165, 1.54) is 62.2 Å². The fourth-order valence-corrected chi connectivity index (χ4v) is 6.69. The SMILES string of the molecule is Cc1cc(Nc2nc(Nc3ccc4c(c3)CC[C@@H](N3CCCC3)CC4)ncc2Cl)c(P(C)(C)=O)cc1F. The van der Waals surface area contributed by atoms with Crippen molar-refractivity contribution in [3.05, 3.63) is 64.1 Å². The van der Waals surface area contributed by atoms with Crippen LogP contribution in [0.4, 0.5) is 27.5 Å². The van der Waals surface area contributed by atoms with Crippen LogP contribution in [0.2, 0.25) is 5.02 Å². The topological polar surface area (TPSA) is 70.2 Å². The Kier molecular flexibility index (Phi) is 7.58. The zero-order valence-electron chi connectivity index (χ0n) is 21.7. The smallest absolute Gasteiger partial charge is 0.229 e. The maximum Gasteiger partial charge on any atom is 0.229 e. The van der Waals surface area contributed by atoms with Gasteiger partial charge in [-0.15, -0.1) is 0 Å². The summed E-state index contributed by atoms with van der Waals surface area (Å²) in [7, 11) is -2.76. The Labute approximate surface area is 223 Å². The van der Waals surface area contributed by atoms with Crippen LogP contribution in [0.25, 0.3) is 0 Å². The molecule has 6 nitrogen and oxygen atoms in total. The summed E-state index contributed by atoms with van der Waals surface area (Å²) in [6.07, 6.45) is 8.78. The van der Waals surface area contributed by atoms with E-state index in [0.29, 0.717) is 39.4 Å². The molecule has 2 aromatic carbocycles. The molecule has 1 atom stereocenters. The lowest BCUT2D eigenvalue weighted by Gasteiger charge is -2.25. The van der Waals surface area contributed by atoms with Crippen LogP contribution in [0, 0.1) is 12.7 Å². The van der Waals surface area contributed by atoms with Crippen LogP contribution in [-0.4, -0.2) is 47.3 Å². The van der Waals surface area contributed by atoms with Crippen molar-refractivity contribution in [2.24, 2.45) is 0 Å². The van der Waals surface area contributed by atoms with Crippen molar-refractivity contribution in [3.8, 4) is 0 Å². The average Bonchev–Trinajstić information content (AvgIpc) is 3.30. The van der Waals surface area contributed by atoms with Crippen LogP contribution in [0.1, 0.15) is 42.4 Å². The van der Waals surface area contributed by atoms with Gasteiger partial charge in [-0.1, -0.05) is 17.7 Å². The Morgan fingerprint density at radius 2 is 1.78 bits per heavy atom. The highest BCUT2D eigenvalue weighted by molar-refractivity contribution is 7.70. The summed E-state index contributed by atoms with van der Waals surface area (Å²) in [4.78, 5) is 11.6. The third-order valence-corrected chi connectivity index (χ3v) is 9.27. The summed E-state index contributed by atoms with van der Waals surface area (Å²) >= 11 is 6.40. The predicted octanol–water partition coefficient (Wildman–Crippen LogP) is 6.66. The lowest BCUT2D eigenvalue weighted by atomic mass is 10.0. The predicted molar refractivity (Wildman–Crippen MR) is 152 cm³/mol. The Morgan fingerprint density at radius 3 is 2.51 bits per heavy atom. The quantitative estimate of drug-likeness (QED) is 0.269. The summed E-state index contributed by atoms with van der Waals surface area (Å²) in [5, 5.41) is 7.21. The summed E-state index contributed by atoms with van der Waals surface area (Å²) in [6.45, 7) is 7.38. The van der Waals surface area contributed by atoms with Gasteiger partial charge in [0.15, 0.2) is 5.82 Å². The summed E-state index contributed by atoms with van der Waals surface area (Å²) in [6, 6.07) is 10.1. The van der Waals surface area contributed by atoms with Gasteiger partial charge in [0.1, 0.15) is 18.0 Å². The molecule has 1 aliphatic carbocycles. The van der Waals surface area contributed by atoms with E-state index in [2.05, 4.69) is 43.7 Å². The van der Waals surface area contributed by atoms with E-state index in [1.54, 1.807) is 26.3 Å². The molecule has 0 spiro atoms. The second-order valence-electron chi connectivity index (χ2n) is 10.6. The Bertz CT molecular complexity index is 1350. The van der Waals surface area contributed by atoms with Gasteiger partial charge in [0, 0.05) is 17.0 Å². The van der Waals surface area contributed by atoms with Gasteiger partial charge in [-0.2, -0.15) is 4.98 Å². The molecule has 2 aliphatic rings. The van der Waals surface area contributed by atoms with E-state index in [-0.39, 0.29) is 0 Å². The number of anilines is 4. The number of aromatic nitrogens is 2. The zero-order chi connectivity index (χ0) is 26.2. The number of hydrogen-bond donors (Lipinski definition) is 2. The molecule has 1 fully saturated rings. The van der Waals surface area contributed by atoms with Crippen molar-refractivity contribution in [2.45, 2.75) is 51.5 Å². The molecule has 3 aromatic rings. The Hall–Kier alpha value is -2.47. The molecule has 0 amide bonds. The number of aryl methyl sites for hydroxylation is 3. The van der Waals surface area contributed by atoms with Crippen LogP contribution in [0.15, 0.2) is 36.5 Å². The lowest BCUT2D eigenvalue weighted by molar-refractivity contribution is 0.222. The summed E-state index contributed by atoms with van der Waals surface area (Å²) in [5.74, 6) is 0.366. The highest BCUT2D eigenvalue weighted by Crippen LogP contribution is 2.40. The van der Waals surface area contributed by atoms with Gasteiger partial charge in [0.05, 0.1) is 11.9 Å². The molecule has 9 heteroatoms. The molecule has 1 aromatic heterocycles. The van der Waals surface area contributed by atoms with Gasteiger partial charge in [0.25, 0.3) is 0 Å². The van der Waals surface area contributed by atoms with Crippen LogP contribution in [0.5, 0.6) is 0 Å². The van der Waals surface area contributed by atoms with Crippen LogP contribution in [0.3, 0.4) is 0 Å². The fourth-order valence-electron chi connectivity index (χ4n) is 5.43. The molecule has 0 bridgehead atoms. The first kappa shape index (κ1) is 26.1. The highest BCUT2D eigenvalue weighted by Gasteiger charge is 2.25.